The molecule has 0 saturated heterocycles. The molecule has 0 aromatic heterocycles. The smallest absolute Gasteiger partial charge is 0.125 e. The number of hydrogen-bond acceptors (Lipinski definition) is 0. The number of rotatable bonds is 3. The van der Waals surface area contributed by atoms with E-state index in [2.05, 4.69) is 18.2 Å². The molecule has 0 unspecified atom stereocenters. The minimum atomic E-state index is -2.84. The van der Waals surface area contributed by atoms with Gasteiger partial charge in [0, 0.05) is 5.54 Å². The molecule has 0 N–H and O–H groups in total. The standard InChI is InChI=1S/C14H13Cl3Si/c1-2-6-14(18(15,16)17)13-10-5-8-11-7-3-4-9-12(11)13/h2-10,14H,1H3/b6-2-/t14-/m0/s1. The second-order valence-electron chi connectivity index (χ2n) is 4.11. The fourth-order valence-corrected chi connectivity index (χ4v) is 4.83. The zero-order valence-electron chi connectivity index (χ0n) is 9.91. The Morgan fingerprint density at radius 3 is 2.33 bits per heavy atom. The summed E-state index contributed by atoms with van der Waals surface area (Å²) >= 11 is 18.7. The number of halogens is 3. The SMILES string of the molecule is C/C=C\[C@@H](c1cccc2ccccc12)[Si](Cl)(Cl)Cl. The number of allylic oxidation sites excluding steroid dienone is 2. The van der Waals surface area contributed by atoms with Gasteiger partial charge in [-0.25, -0.2) is 0 Å². The quantitative estimate of drug-likeness (QED) is 0.387. The maximum atomic E-state index is 6.23. The molecule has 18 heavy (non-hydrogen) atoms. The Morgan fingerprint density at radius 2 is 1.67 bits per heavy atom. The summed E-state index contributed by atoms with van der Waals surface area (Å²) in [6.07, 6.45) is 3.93. The van der Waals surface area contributed by atoms with Gasteiger partial charge >= 0.3 is 6.00 Å². The molecule has 0 aliphatic heterocycles. The summed E-state index contributed by atoms with van der Waals surface area (Å²) in [6, 6.07) is 11.5. The highest BCUT2D eigenvalue weighted by Gasteiger charge is 2.36. The van der Waals surface area contributed by atoms with E-state index in [0.29, 0.717) is 0 Å². The van der Waals surface area contributed by atoms with Gasteiger partial charge in [-0.05, 0) is 23.3 Å². The molecule has 0 bridgehead atoms. The predicted octanol–water partition coefficient (Wildman–Crippen LogP) is 5.69. The van der Waals surface area contributed by atoms with E-state index >= 15 is 0 Å². The van der Waals surface area contributed by atoms with E-state index in [4.69, 9.17) is 33.2 Å². The zero-order chi connectivity index (χ0) is 13.2. The first-order chi connectivity index (χ1) is 8.54. The zero-order valence-corrected chi connectivity index (χ0v) is 13.2. The maximum Gasteiger partial charge on any atom is 0.352 e. The van der Waals surface area contributed by atoms with Crippen LogP contribution in [0.4, 0.5) is 0 Å². The Labute approximate surface area is 122 Å². The van der Waals surface area contributed by atoms with Crippen molar-refractivity contribution < 1.29 is 0 Å². The van der Waals surface area contributed by atoms with Crippen LogP contribution in [0.3, 0.4) is 0 Å². The monoisotopic (exact) mass is 314 g/mol. The topological polar surface area (TPSA) is 0 Å². The van der Waals surface area contributed by atoms with Crippen LogP contribution in [0, 0.1) is 0 Å². The average Bonchev–Trinajstić information content (AvgIpc) is 2.34. The van der Waals surface area contributed by atoms with Crippen molar-refractivity contribution in [1.82, 2.24) is 0 Å². The van der Waals surface area contributed by atoms with Crippen molar-refractivity contribution in [3.8, 4) is 0 Å². The molecular formula is C14H13Cl3Si. The first-order valence-corrected chi connectivity index (χ1v) is 10.8. The molecule has 0 aliphatic rings. The normalized spacial score (nSPS) is 14.2. The van der Waals surface area contributed by atoms with Crippen molar-refractivity contribution in [2.24, 2.45) is 0 Å². The summed E-state index contributed by atoms with van der Waals surface area (Å²) in [5.41, 5.74) is 0.983. The number of hydrogen-bond donors (Lipinski definition) is 0. The van der Waals surface area contributed by atoms with Crippen molar-refractivity contribution in [2.45, 2.75) is 12.5 Å². The molecular weight excluding hydrogens is 303 g/mol. The second kappa shape index (κ2) is 5.66. The van der Waals surface area contributed by atoms with Crippen LogP contribution in [-0.2, 0) is 0 Å². The molecule has 2 rings (SSSR count). The molecule has 0 radical (unpaired) electrons. The molecule has 1 atom stereocenters. The van der Waals surface area contributed by atoms with E-state index in [1.54, 1.807) is 0 Å². The number of benzene rings is 2. The lowest BCUT2D eigenvalue weighted by Crippen LogP contribution is -2.21. The molecule has 0 aliphatic carbocycles. The van der Waals surface area contributed by atoms with Crippen molar-refractivity contribution in [3.63, 3.8) is 0 Å². The van der Waals surface area contributed by atoms with Crippen molar-refractivity contribution in [2.75, 3.05) is 0 Å². The van der Waals surface area contributed by atoms with Crippen LogP contribution in [-0.4, -0.2) is 6.00 Å². The average molecular weight is 316 g/mol. The van der Waals surface area contributed by atoms with Gasteiger partial charge < -0.3 is 0 Å². The van der Waals surface area contributed by atoms with Crippen LogP contribution in [0.25, 0.3) is 10.8 Å². The minimum Gasteiger partial charge on any atom is -0.125 e. The van der Waals surface area contributed by atoms with Gasteiger partial charge in [-0.2, -0.15) is 0 Å². The highest BCUT2D eigenvalue weighted by atomic mass is 35.8. The van der Waals surface area contributed by atoms with E-state index in [-0.39, 0.29) is 5.54 Å². The van der Waals surface area contributed by atoms with Gasteiger partial charge in [0.2, 0.25) is 0 Å². The molecule has 0 fully saturated rings. The Bertz CT molecular complexity index is 567. The van der Waals surface area contributed by atoms with Crippen LogP contribution in [0.5, 0.6) is 0 Å². The van der Waals surface area contributed by atoms with Crippen LogP contribution >= 0.6 is 33.2 Å². The summed E-state index contributed by atoms with van der Waals surface area (Å²) in [4.78, 5) is 0. The first-order valence-electron chi connectivity index (χ1n) is 5.71. The Hall–Kier alpha value is -0.473. The Morgan fingerprint density at radius 1 is 1.00 bits per heavy atom. The lowest BCUT2D eigenvalue weighted by Gasteiger charge is -2.21. The summed E-state index contributed by atoms with van der Waals surface area (Å²) in [7, 11) is 0. The van der Waals surface area contributed by atoms with Gasteiger partial charge in [0.1, 0.15) is 0 Å². The van der Waals surface area contributed by atoms with E-state index in [0.717, 1.165) is 10.9 Å². The van der Waals surface area contributed by atoms with E-state index < -0.39 is 6.00 Å². The summed E-state index contributed by atoms with van der Waals surface area (Å²) < 4.78 is 0. The summed E-state index contributed by atoms with van der Waals surface area (Å²) in [5.74, 6) is 0. The molecule has 0 saturated carbocycles. The molecule has 0 heterocycles. The van der Waals surface area contributed by atoms with Crippen LogP contribution < -0.4 is 0 Å². The Kier molecular flexibility index (Phi) is 4.39. The lowest BCUT2D eigenvalue weighted by molar-refractivity contribution is 1.21. The predicted molar refractivity (Wildman–Crippen MR) is 84.8 cm³/mol. The van der Waals surface area contributed by atoms with E-state index in [9.17, 15) is 0 Å². The second-order valence-corrected chi connectivity index (χ2v) is 12.9. The third-order valence-corrected chi connectivity index (χ3v) is 6.22. The van der Waals surface area contributed by atoms with Gasteiger partial charge in [0.15, 0.2) is 0 Å². The van der Waals surface area contributed by atoms with Crippen molar-refractivity contribution in [3.05, 3.63) is 60.2 Å². The largest absolute Gasteiger partial charge is 0.352 e. The molecule has 2 aromatic rings. The lowest BCUT2D eigenvalue weighted by atomic mass is 10.0. The highest BCUT2D eigenvalue weighted by Crippen LogP contribution is 2.40. The fourth-order valence-electron chi connectivity index (χ4n) is 2.10. The van der Waals surface area contributed by atoms with Crippen LogP contribution in [0.1, 0.15) is 18.0 Å². The fraction of sp³-hybridized carbons (Fsp3) is 0.143. The maximum absolute atomic E-state index is 6.23. The molecule has 0 amide bonds. The van der Waals surface area contributed by atoms with Gasteiger partial charge in [-0.3, -0.25) is 0 Å². The summed E-state index contributed by atoms with van der Waals surface area (Å²) in [6.45, 7) is 1.95. The van der Waals surface area contributed by atoms with Crippen LogP contribution in [0.15, 0.2) is 54.6 Å². The third kappa shape index (κ3) is 2.92. The minimum absolute atomic E-state index is 0.112. The third-order valence-electron chi connectivity index (χ3n) is 2.90. The first kappa shape index (κ1) is 13.9. The molecule has 94 valence electrons. The Balaban J connectivity index is 2.65. The molecule has 2 aromatic carbocycles. The molecule has 0 spiro atoms. The van der Waals surface area contributed by atoms with E-state index in [1.165, 1.54) is 5.39 Å². The number of fused-ring (bicyclic) bond motifs is 1. The van der Waals surface area contributed by atoms with Gasteiger partial charge in [-0.1, -0.05) is 54.6 Å². The van der Waals surface area contributed by atoms with Crippen LogP contribution in [0.2, 0.25) is 0 Å². The van der Waals surface area contributed by atoms with E-state index in [1.807, 2.05) is 43.3 Å². The summed E-state index contributed by atoms with van der Waals surface area (Å²) in [5, 5.41) is 2.33. The highest BCUT2D eigenvalue weighted by molar-refractivity contribution is 7.65. The molecule has 0 nitrogen and oxygen atoms in total. The molecule has 4 heteroatoms. The van der Waals surface area contributed by atoms with Gasteiger partial charge in [0.25, 0.3) is 0 Å². The van der Waals surface area contributed by atoms with Crippen molar-refractivity contribution in [1.29, 1.82) is 0 Å². The van der Waals surface area contributed by atoms with Crippen molar-refractivity contribution >= 4 is 50.0 Å². The van der Waals surface area contributed by atoms with Gasteiger partial charge in [-0.15, -0.1) is 33.2 Å². The van der Waals surface area contributed by atoms with Gasteiger partial charge in [0.05, 0.1) is 0 Å².